The molecule has 4 aromatic rings. The minimum atomic E-state index is 0.0387. The lowest BCUT2D eigenvalue weighted by atomic mass is 10.2. The maximum Gasteiger partial charge on any atom is 0.329 e. The van der Waals surface area contributed by atoms with Crippen molar-refractivity contribution in [3.05, 3.63) is 53.3 Å². The third-order valence-corrected chi connectivity index (χ3v) is 5.41. The van der Waals surface area contributed by atoms with E-state index in [1.807, 2.05) is 35.9 Å². The maximum absolute atomic E-state index is 12.8. The van der Waals surface area contributed by atoms with E-state index in [-0.39, 0.29) is 11.7 Å². The van der Waals surface area contributed by atoms with Crippen LogP contribution in [0.4, 0.5) is 11.5 Å². The van der Waals surface area contributed by atoms with Crippen LogP contribution in [0.5, 0.6) is 0 Å². The Labute approximate surface area is 155 Å². The molecule has 1 aliphatic carbocycles. The second-order valence-corrected chi connectivity index (χ2v) is 7.09. The zero-order valence-corrected chi connectivity index (χ0v) is 15.1. The summed E-state index contributed by atoms with van der Waals surface area (Å²) in [7, 11) is 1.81. The van der Waals surface area contributed by atoms with Crippen LogP contribution < -0.4 is 11.0 Å². The van der Waals surface area contributed by atoms with Gasteiger partial charge in [0.05, 0.1) is 28.3 Å². The fourth-order valence-electron chi connectivity index (χ4n) is 4.03. The van der Waals surface area contributed by atoms with Gasteiger partial charge in [-0.25, -0.2) is 9.78 Å². The lowest BCUT2D eigenvalue weighted by Gasteiger charge is -2.12. The molecule has 27 heavy (non-hydrogen) atoms. The molecule has 1 aromatic carbocycles. The highest BCUT2D eigenvalue weighted by Crippen LogP contribution is 2.31. The molecule has 1 saturated carbocycles. The molecule has 0 aliphatic heterocycles. The van der Waals surface area contributed by atoms with Gasteiger partial charge in [0, 0.05) is 37.2 Å². The zero-order valence-electron chi connectivity index (χ0n) is 15.1. The minimum Gasteiger partial charge on any atom is -0.340 e. The van der Waals surface area contributed by atoms with E-state index in [9.17, 15) is 4.79 Å². The van der Waals surface area contributed by atoms with E-state index in [2.05, 4.69) is 20.3 Å². The van der Waals surface area contributed by atoms with E-state index in [1.54, 1.807) is 23.2 Å². The number of fused-ring (bicyclic) bond motifs is 2. The first-order valence-corrected chi connectivity index (χ1v) is 9.25. The van der Waals surface area contributed by atoms with Gasteiger partial charge < -0.3 is 5.32 Å². The first-order chi connectivity index (χ1) is 13.2. The highest BCUT2D eigenvalue weighted by molar-refractivity contribution is 5.82. The molecular formula is C20H20N6O. The average Bonchev–Trinajstić information content (AvgIpc) is 3.29. The Bertz CT molecular complexity index is 1200. The van der Waals surface area contributed by atoms with Gasteiger partial charge in [-0.3, -0.25) is 19.1 Å². The number of rotatable bonds is 3. The SMILES string of the molecule is Cn1c(=O)n(C2CCCC2)c2cc(Nc3ccc4nccnc4c3)ncc21. The van der Waals surface area contributed by atoms with Crippen molar-refractivity contribution in [1.29, 1.82) is 0 Å². The normalized spacial score (nSPS) is 15.0. The summed E-state index contributed by atoms with van der Waals surface area (Å²) in [6.07, 6.45) is 9.62. The largest absolute Gasteiger partial charge is 0.340 e. The van der Waals surface area contributed by atoms with Gasteiger partial charge in [0.2, 0.25) is 0 Å². The van der Waals surface area contributed by atoms with Crippen LogP contribution in [0.1, 0.15) is 31.7 Å². The second kappa shape index (κ2) is 6.19. The van der Waals surface area contributed by atoms with Crippen LogP contribution in [0.3, 0.4) is 0 Å². The van der Waals surface area contributed by atoms with Gasteiger partial charge in [0.15, 0.2) is 0 Å². The zero-order chi connectivity index (χ0) is 18.4. The Balaban J connectivity index is 1.57. The molecule has 0 unspecified atom stereocenters. The van der Waals surface area contributed by atoms with E-state index in [0.717, 1.165) is 40.6 Å². The number of aromatic nitrogens is 5. The van der Waals surface area contributed by atoms with Crippen LogP contribution in [0.25, 0.3) is 22.1 Å². The fraction of sp³-hybridized carbons (Fsp3) is 0.300. The van der Waals surface area contributed by atoms with E-state index >= 15 is 0 Å². The number of nitrogens with one attached hydrogen (secondary N) is 1. The van der Waals surface area contributed by atoms with Crippen LogP contribution in [-0.4, -0.2) is 24.1 Å². The molecule has 3 aromatic heterocycles. The molecular weight excluding hydrogens is 340 g/mol. The van der Waals surface area contributed by atoms with Gasteiger partial charge in [-0.1, -0.05) is 12.8 Å². The third kappa shape index (κ3) is 2.66. The second-order valence-electron chi connectivity index (χ2n) is 7.09. The molecule has 0 saturated heterocycles. The summed E-state index contributed by atoms with van der Waals surface area (Å²) in [5, 5.41) is 3.33. The fourth-order valence-corrected chi connectivity index (χ4v) is 4.03. The summed E-state index contributed by atoms with van der Waals surface area (Å²) in [5.74, 6) is 0.711. The number of aryl methyl sites for hydroxylation is 1. The van der Waals surface area contributed by atoms with Gasteiger partial charge in [-0.15, -0.1) is 0 Å². The average molecular weight is 360 g/mol. The molecule has 1 fully saturated rings. The lowest BCUT2D eigenvalue weighted by molar-refractivity contribution is 0.509. The number of hydrogen-bond acceptors (Lipinski definition) is 5. The molecule has 1 aliphatic rings. The number of nitrogens with zero attached hydrogens (tertiary/aromatic N) is 5. The molecule has 136 valence electrons. The summed E-state index contributed by atoms with van der Waals surface area (Å²) in [4.78, 5) is 25.9. The van der Waals surface area contributed by atoms with Gasteiger partial charge in [-0.05, 0) is 31.0 Å². The summed E-state index contributed by atoms with van der Waals surface area (Å²) >= 11 is 0. The highest BCUT2D eigenvalue weighted by Gasteiger charge is 2.23. The van der Waals surface area contributed by atoms with Crippen molar-refractivity contribution in [3.8, 4) is 0 Å². The van der Waals surface area contributed by atoms with Crippen molar-refractivity contribution in [2.24, 2.45) is 7.05 Å². The molecule has 7 nitrogen and oxygen atoms in total. The van der Waals surface area contributed by atoms with Crippen molar-refractivity contribution in [2.45, 2.75) is 31.7 Å². The lowest BCUT2D eigenvalue weighted by Crippen LogP contribution is -2.24. The molecule has 0 spiro atoms. The maximum atomic E-state index is 12.8. The first-order valence-electron chi connectivity index (χ1n) is 9.25. The van der Waals surface area contributed by atoms with E-state index in [1.165, 1.54) is 12.8 Å². The summed E-state index contributed by atoms with van der Waals surface area (Å²) < 4.78 is 3.64. The van der Waals surface area contributed by atoms with Crippen LogP contribution in [0.15, 0.2) is 47.7 Å². The van der Waals surface area contributed by atoms with Crippen molar-refractivity contribution < 1.29 is 0 Å². The van der Waals surface area contributed by atoms with Crippen molar-refractivity contribution in [3.63, 3.8) is 0 Å². The number of hydrogen-bond donors (Lipinski definition) is 1. The third-order valence-electron chi connectivity index (χ3n) is 5.41. The van der Waals surface area contributed by atoms with E-state index < -0.39 is 0 Å². The summed E-state index contributed by atoms with van der Waals surface area (Å²) in [5.41, 5.74) is 4.41. The van der Waals surface area contributed by atoms with Crippen LogP contribution >= 0.6 is 0 Å². The molecule has 0 atom stereocenters. The predicted molar refractivity (Wildman–Crippen MR) is 105 cm³/mol. The number of anilines is 2. The van der Waals surface area contributed by atoms with Crippen LogP contribution in [0, 0.1) is 0 Å². The Morgan fingerprint density at radius 3 is 2.59 bits per heavy atom. The molecule has 0 bridgehead atoms. The number of imidazole rings is 1. The van der Waals surface area contributed by atoms with Crippen molar-refractivity contribution in [1.82, 2.24) is 24.1 Å². The molecule has 5 rings (SSSR count). The highest BCUT2D eigenvalue weighted by atomic mass is 16.1. The predicted octanol–water partition coefficient (Wildman–Crippen LogP) is 3.54. The monoisotopic (exact) mass is 360 g/mol. The standard InChI is InChI=1S/C20H20N6O/c1-25-18-12-23-19(11-17(18)26(20(25)27)14-4-2-3-5-14)24-13-6-7-15-16(10-13)22-9-8-21-15/h6-12,14H,2-5H2,1H3,(H,23,24). The Morgan fingerprint density at radius 2 is 1.78 bits per heavy atom. The molecule has 3 heterocycles. The number of benzene rings is 1. The Morgan fingerprint density at radius 1 is 1.00 bits per heavy atom. The van der Waals surface area contributed by atoms with Gasteiger partial charge in [-0.2, -0.15) is 0 Å². The van der Waals surface area contributed by atoms with Crippen LogP contribution in [0.2, 0.25) is 0 Å². The minimum absolute atomic E-state index is 0.0387. The molecule has 1 N–H and O–H groups in total. The molecule has 0 amide bonds. The quantitative estimate of drug-likeness (QED) is 0.605. The first kappa shape index (κ1) is 16.0. The number of pyridine rings is 1. The van der Waals surface area contributed by atoms with E-state index in [4.69, 9.17) is 0 Å². The van der Waals surface area contributed by atoms with Crippen LogP contribution in [-0.2, 0) is 7.05 Å². The van der Waals surface area contributed by atoms with E-state index in [0.29, 0.717) is 5.82 Å². The molecule has 7 heteroatoms. The summed E-state index contributed by atoms with van der Waals surface area (Å²) in [6, 6.07) is 8.09. The van der Waals surface area contributed by atoms with Crippen molar-refractivity contribution in [2.75, 3.05) is 5.32 Å². The summed E-state index contributed by atoms with van der Waals surface area (Å²) in [6.45, 7) is 0. The van der Waals surface area contributed by atoms with Gasteiger partial charge in [0.25, 0.3) is 0 Å². The smallest absolute Gasteiger partial charge is 0.329 e. The Kier molecular flexibility index (Phi) is 3.67. The Hall–Kier alpha value is -3.22. The van der Waals surface area contributed by atoms with Gasteiger partial charge in [0.1, 0.15) is 5.82 Å². The van der Waals surface area contributed by atoms with Gasteiger partial charge >= 0.3 is 5.69 Å². The topological polar surface area (TPSA) is 77.6 Å². The molecule has 0 radical (unpaired) electrons. The van der Waals surface area contributed by atoms with Crippen molar-refractivity contribution >= 4 is 33.6 Å².